The fourth-order valence-corrected chi connectivity index (χ4v) is 3.58. The number of aliphatic carboxylic acids is 1. The largest absolute Gasteiger partial charge is 0.479 e. The molecule has 2 rings (SSSR count). The second kappa shape index (κ2) is 6.22. The summed E-state index contributed by atoms with van der Waals surface area (Å²) in [6.07, 6.45) is 5.63. The number of hydrogen-bond donors (Lipinski definition) is 1. The molecule has 0 unspecified atom stereocenters. The zero-order valence-corrected chi connectivity index (χ0v) is 14.0. The highest BCUT2D eigenvalue weighted by Crippen LogP contribution is 2.34. The van der Waals surface area contributed by atoms with E-state index in [2.05, 4.69) is 15.9 Å². The molecule has 1 aliphatic carbocycles. The van der Waals surface area contributed by atoms with Crippen LogP contribution in [0.3, 0.4) is 0 Å². The van der Waals surface area contributed by atoms with E-state index in [1.54, 1.807) is 13.1 Å². The summed E-state index contributed by atoms with van der Waals surface area (Å²) in [5.74, 6) is -1.13. The van der Waals surface area contributed by atoms with E-state index in [9.17, 15) is 14.7 Å². The molecule has 21 heavy (non-hydrogen) atoms. The standard InChI is InChI=1S/C15H21BrN2O3/c1-3-18-10-11(16)9-12(18)13(19)17(2)15(14(20)21)7-5-4-6-8-15/h9-10H,3-8H2,1-2H3,(H,20,21). The van der Waals surface area contributed by atoms with E-state index < -0.39 is 11.5 Å². The highest BCUT2D eigenvalue weighted by molar-refractivity contribution is 9.10. The van der Waals surface area contributed by atoms with E-state index in [0.717, 1.165) is 23.7 Å². The summed E-state index contributed by atoms with van der Waals surface area (Å²) in [6, 6.07) is 1.75. The maximum absolute atomic E-state index is 12.8. The molecule has 1 N–H and O–H groups in total. The first-order valence-corrected chi connectivity index (χ1v) is 8.09. The minimum atomic E-state index is -1.06. The van der Waals surface area contributed by atoms with Crippen molar-refractivity contribution in [1.82, 2.24) is 9.47 Å². The number of carboxylic acids is 1. The van der Waals surface area contributed by atoms with Gasteiger partial charge in [0.2, 0.25) is 0 Å². The quantitative estimate of drug-likeness (QED) is 0.901. The predicted octanol–water partition coefficient (Wildman–Crippen LogP) is 3.13. The van der Waals surface area contributed by atoms with Gasteiger partial charge in [-0.2, -0.15) is 0 Å². The Morgan fingerprint density at radius 3 is 2.52 bits per heavy atom. The number of hydrogen-bond acceptors (Lipinski definition) is 2. The van der Waals surface area contributed by atoms with Crippen LogP contribution in [-0.4, -0.2) is 39.0 Å². The van der Waals surface area contributed by atoms with Crippen LogP contribution in [0, 0.1) is 0 Å². The summed E-state index contributed by atoms with van der Waals surface area (Å²) in [6.45, 7) is 2.62. The normalized spacial score (nSPS) is 17.5. The average Bonchev–Trinajstić information content (AvgIpc) is 2.87. The Morgan fingerprint density at radius 2 is 2.00 bits per heavy atom. The Morgan fingerprint density at radius 1 is 1.38 bits per heavy atom. The number of halogens is 1. The number of likely N-dealkylation sites (N-methyl/N-ethyl adjacent to an activating group) is 1. The third-order valence-electron chi connectivity index (χ3n) is 4.45. The number of aromatic nitrogens is 1. The van der Waals surface area contributed by atoms with Crippen LogP contribution in [0.25, 0.3) is 0 Å². The van der Waals surface area contributed by atoms with Crippen molar-refractivity contribution >= 4 is 27.8 Å². The van der Waals surface area contributed by atoms with Crippen LogP contribution in [-0.2, 0) is 11.3 Å². The maximum atomic E-state index is 12.8. The number of amides is 1. The molecule has 1 aliphatic rings. The first kappa shape index (κ1) is 16.1. The molecule has 0 bridgehead atoms. The Bertz CT molecular complexity index is 547. The van der Waals surface area contributed by atoms with E-state index in [-0.39, 0.29) is 5.91 Å². The lowest BCUT2D eigenvalue weighted by atomic mass is 9.80. The minimum Gasteiger partial charge on any atom is -0.479 e. The molecule has 6 heteroatoms. The molecule has 1 heterocycles. The number of carbonyl (C=O) groups is 2. The van der Waals surface area contributed by atoms with Crippen LogP contribution >= 0.6 is 15.9 Å². The molecule has 116 valence electrons. The van der Waals surface area contributed by atoms with Gasteiger partial charge >= 0.3 is 5.97 Å². The van der Waals surface area contributed by atoms with E-state index >= 15 is 0 Å². The van der Waals surface area contributed by atoms with Crippen LogP contribution in [0.1, 0.15) is 49.5 Å². The Kier molecular flexibility index (Phi) is 4.76. The Labute approximate surface area is 133 Å². The topological polar surface area (TPSA) is 62.5 Å². The highest BCUT2D eigenvalue weighted by atomic mass is 79.9. The average molecular weight is 357 g/mol. The SMILES string of the molecule is CCn1cc(Br)cc1C(=O)N(C)C1(C(=O)O)CCCCC1. The molecule has 0 aliphatic heterocycles. The maximum Gasteiger partial charge on any atom is 0.329 e. The summed E-state index contributed by atoms with van der Waals surface area (Å²) < 4.78 is 2.66. The van der Waals surface area contributed by atoms with Gasteiger partial charge in [0.25, 0.3) is 5.91 Å². The van der Waals surface area contributed by atoms with Gasteiger partial charge in [0, 0.05) is 24.3 Å². The lowest BCUT2D eigenvalue weighted by Crippen LogP contribution is -2.56. The van der Waals surface area contributed by atoms with Crippen molar-refractivity contribution in [3.05, 3.63) is 22.4 Å². The summed E-state index contributed by atoms with van der Waals surface area (Å²) in [4.78, 5) is 26.0. The van der Waals surface area contributed by atoms with Crippen LogP contribution < -0.4 is 0 Å². The Hall–Kier alpha value is -1.30. The molecule has 0 radical (unpaired) electrons. The van der Waals surface area contributed by atoms with Crippen LogP contribution in [0.4, 0.5) is 0 Å². The van der Waals surface area contributed by atoms with E-state index in [4.69, 9.17) is 0 Å². The van der Waals surface area contributed by atoms with E-state index in [0.29, 0.717) is 25.1 Å². The fourth-order valence-electron chi connectivity index (χ4n) is 3.11. The molecule has 0 aromatic carbocycles. The van der Waals surface area contributed by atoms with Crippen LogP contribution in [0.15, 0.2) is 16.7 Å². The Balaban J connectivity index is 2.34. The van der Waals surface area contributed by atoms with E-state index in [1.807, 2.05) is 17.7 Å². The zero-order chi connectivity index (χ0) is 15.6. The van der Waals surface area contributed by atoms with Crippen molar-refractivity contribution in [3.63, 3.8) is 0 Å². The molecule has 0 spiro atoms. The van der Waals surface area contributed by atoms with Gasteiger partial charge < -0.3 is 14.6 Å². The fraction of sp³-hybridized carbons (Fsp3) is 0.600. The molecular formula is C15H21BrN2O3. The van der Waals surface area contributed by atoms with Crippen LogP contribution in [0.2, 0.25) is 0 Å². The minimum absolute atomic E-state index is 0.230. The molecule has 1 amide bonds. The van der Waals surface area contributed by atoms with Gasteiger partial charge in [-0.25, -0.2) is 4.79 Å². The zero-order valence-electron chi connectivity index (χ0n) is 12.4. The second-order valence-corrected chi connectivity index (χ2v) is 6.51. The van der Waals surface area contributed by atoms with Crippen molar-refractivity contribution < 1.29 is 14.7 Å². The van der Waals surface area contributed by atoms with Gasteiger partial charge in [-0.15, -0.1) is 0 Å². The summed E-state index contributed by atoms with van der Waals surface area (Å²) in [5, 5.41) is 9.68. The summed E-state index contributed by atoms with van der Waals surface area (Å²) in [7, 11) is 1.61. The first-order valence-electron chi connectivity index (χ1n) is 7.29. The third-order valence-corrected chi connectivity index (χ3v) is 4.88. The molecule has 1 aromatic heterocycles. The van der Waals surface area contributed by atoms with Gasteiger partial charge in [0.15, 0.2) is 0 Å². The van der Waals surface area contributed by atoms with Gasteiger partial charge in [-0.05, 0) is 41.8 Å². The lowest BCUT2D eigenvalue weighted by Gasteiger charge is -2.41. The smallest absolute Gasteiger partial charge is 0.329 e. The van der Waals surface area contributed by atoms with Gasteiger partial charge in [0.1, 0.15) is 11.2 Å². The van der Waals surface area contributed by atoms with Gasteiger partial charge in [0.05, 0.1) is 0 Å². The number of carbonyl (C=O) groups excluding carboxylic acids is 1. The van der Waals surface area contributed by atoms with Crippen molar-refractivity contribution in [2.24, 2.45) is 0 Å². The van der Waals surface area contributed by atoms with Crippen molar-refractivity contribution in [3.8, 4) is 0 Å². The number of nitrogens with zero attached hydrogens (tertiary/aromatic N) is 2. The van der Waals surface area contributed by atoms with Crippen molar-refractivity contribution in [1.29, 1.82) is 0 Å². The molecule has 0 saturated heterocycles. The van der Waals surface area contributed by atoms with Gasteiger partial charge in [-0.1, -0.05) is 19.3 Å². The monoisotopic (exact) mass is 356 g/mol. The van der Waals surface area contributed by atoms with E-state index in [1.165, 1.54) is 4.90 Å². The van der Waals surface area contributed by atoms with Crippen LogP contribution in [0.5, 0.6) is 0 Å². The number of carboxylic acid groups (broad SMARTS) is 1. The molecule has 1 saturated carbocycles. The predicted molar refractivity (Wildman–Crippen MR) is 83.4 cm³/mol. The number of rotatable bonds is 4. The molecule has 5 nitrogen and oxygen atoms in total. The molecule has 1 aromatic rings. The molecular weight excluding hydrogens is 336 g/mol. The summed E-state index contributed by atoms with van der Waals surface area (Å²) >= 11 is 3.37. The second-order valence-electron chi connectivity index (χ2n) is 5.59. The third kappa shape index (κ3) is 2.86. The number of aryl methyl sites for hydroxylation is 1. The summed E-state index contributed by atoms with van der Waals surface area (Å²) in [5.41, 5.74) is -0.539. The van der Waals surface area contributed by atoms with Gasteiger partial charge in [-0.3, -0.25) is 4.79 Å². The first-order chi connectivity index (χ1) is 9.92. The lowest BCUT2D eigenvalue weighted by molar-refractivity contribution is -0.151. The molecule has 1 fully saturated rings. The molecule has 0 atom stereocenters. The van der Waals surface area contributed by atoms with Crippen molar-refractivity contribution in [2.45, 2.75) is 51.1 Å². The highest BCUT2D eigenvalue weighted by Gasteiger charge is 2.46. The van der Waals surface area contributed by atoms with Crippen molar-refractivity contribution in [2.75, 3.05) is 7.05 Å².